The molecule has 2 aromatic rings. The first-order valence-corrected chi connectivity index (χ1v) is 8.69. The Morgan fingerprint density at radius 3 is 3.04 bits per heavy atom. The van der Waals surface area contributed by atoms with Gasteiger partial charge >= 0.3 is 0 Å². The molecule has 4 rings (SSSR count). The topological polar surface area (TPSA) is 49.0 Å². The van der Waals surface area contributed by atoms with Crippen LogP contribution in [0.1, 0.15) is 61.0 Å². The van der Waals surface area contributed by atoms with Crippen molar-refractivity contribution in [3.63, 3.8) is 0 Å². The summed E-state index contributed by atoms with van der Waals surface area (Å²) in [6.45, 7) is 0.860. The average molecular weight is 309 g/mol. The van der Waals surface area contributed by atoms with Crippen LogP contribution in [0.3, 0.4) is 0 Å². The van der Waals surface area contributed by atoms with E-state index in [-0.39, 0.29) is 11.9 Å². The molecule has 4 nitrogen and oxygen atoms in total. The maximum atomic E-state index is 12.9. The zero-order valence-corrected chi connectivity index (χ0v) is 13.4. The van der Waals surface area contributed by atoms with Gasteiger partial charge in [-0.15, -0.1) is 0 Å². The highest BCUT2D eigenvalue weighted by Gasteiger charge is 2.33. The molecule has 2 heterocycles. The van der Waals surface area contributed by atoms with Crippen LogP contribution < -0.4 is 0 Å². The average Bonchev–Trinajstić information content (AvgIpc) is 3.26. The predicted molar refractivity (Wildman–Crippen MR) is 89.0 cm³/mol. The van der Waals surface area contributed by atoms with Gasteiger partial charge in [-0.05, 0) is 49.1 Å². The summed E-state index contributed by atoms with van der Waals surface area (Å²) in [6, 6.07) is 8.77. The Hall–Kier alpha value is -2.10. The summed E-state index contributed by atoms with van der Waals surface area (Å²) in [6.07, 6.45) is 9.80. The quantitative estimate of drug-likeness (QED) is 0.942. The lowest BCUT2D eigenvalue weighted by Gasteiger charge is -2.29. The molecule has 1 aliphatic heterocycles. The molecule has 1 aliphatic carbocycles. The van der Waals surface area contributed by atoms with Gasteiger partial charge in [0.25, 0.3) is 0 Å². The normalized spacial score (nSPS) is 23.7. The number of rotatable bonds is 3. The lowest BCUT2D eigenvalue weighted by molar-refractivity contribution is -0.132. The number of fused-ring (bicyclic) bond motifs is 1. The fraction of sp³-hybridized carbons (Fsp3) is 0.474. The van der Waals surface area contributed by atoms with Crippen LogP contribution in [0.5, 0.6) is 0 Å². The Kier molecular flexibility index (Phi) is 3.90. The van der Waals surface area contributed by atoms with Crippen LogP contribution in [-0.2, 0) is 11.2 Å². The highest BCUT2D eigenvalue weighted by Crippen LogP contribution is 2.36. The molecule has 23 heavy (non-hydrogen) atoms. The molecule has 1 N–H and O–H groups in total. The van der Waals surface area contributed by atoms with Crippen LogP contribution in [-0.4, -0.2) is 27.3 Å². The van der Waals surface area contributed by atoms with Crippen LogP contribution in [0.15, 0.2) is 36.7 Å². The molecule has 2 aliphatic rings. The van der Waals surface area contributed by atoms with Crippen molar-refractivity contribution in [1.29, 1.82) is 0 Å². The van der Waals surface area contributed by atoms with Crippen molar-refractivity contribution in [2.45, 2.75) is 50.5 Å². The lowest BCUT2D eigenvalue weighted by atomic mass is 9.81. The summed E-state index contributed by atoms with van der Waals surface area (Å²) in [4.78, 5) is 22.5. The maximum absolute atomic E-state index is 12.9. The van der Waals surface area contributed by atoms with Crippen LogP contribution >= 0.6 is 0 Å². The van der Waals surface area contributed by atoms with E-state index in [1.54, 1.807) is 6.20 Å². The van der Waals surface area contributed by atoms with E-state index >= 15 is 0 Å². The van der Waals surface area contributed by atoms with Gasteiger partial charge in [0.05, 0.1) is 6.04 Å². The predicted octanol–water partition coefficient (Wildman–Crippen LogP) is 3.58. The van der Waals surface area contributed by atoms with Crippen LogP contribution in [0.4, 0.5) is 0 Å². The van der Waals surface area contributed by atoms with E-state index in [0.29, 0.717) is 12.3 Å². The van der Waals surface area contributed by atoms with Crippen LogP contribution in [0.2, 0.25) is 0 Å². The number of nitrogens with zero attached hydrogens (tertiary/aromatic N) is 2. The second kappa shape index (κ2) is 6.19. The first-order chi connectivity index (χ1) is 11.3. The number of likely N-dealkylation sites (tertiary alicyclic amines) is 1. The number of imidazole rings is 1. The molecular weight excluding hydrogens is 286 g/mol. The number of benzene rings is 1. The van der Waals surface area contributed by atoms with Crippen LogP contribution in [0.25, 0.3) is 0 Å². The number of hydrogen-bond donors (Lipinski definition) is 1. The molecule has 0 unspecified atom stereocenters. The minimum Gasteiger partial charge on any atom is -0.347 e. The van der Waals surface area contributed by atoms with Gasteiger partial charge in [0.1, 0.15) is 5.82 Å². The Balaban J connectivity index is 1.50. The molecule has 2 atom stereocenters. The highest BCUT2D eigenvalue weighted by atomic mass is 16.2. The van der Waals surface area contributed by atoms with Gasteiger partial charge in [0.15, 0.2) is 0 Å². The molecule has 120 valence electrons. The lowest BCUT2D eigenvalue weighted by Crippen LogP contribution is -2.32. The minimum absolute atomic E-state index is 0.135. The fourth-order valence-electron chi connectivity index (χ4n) is 4.20. The van der Waals surface area contributed by atoms with E-state index in [0.717, 1.165) is 38.1 Å². The van der Waals surface area contributed by atoms with Crippen molar-refractivity contribution in [2.24, 2.45) is 0 Å². The Morgan fingerprint density at radius 2 is 2.17 bits per heavy atom. The highest BCUT2D eigenvalue weighted by molar-refractivity contribution is 5.78. The molecule has 0 spiro atoms. The Labute approximate surface area is 136 Å². The zero-order chi connectivity index (χ0) is 15.6. The van der Waals surface area contributed by atoms with Gasteiger partial charge in [-0.2, -0.15) is 0 Å². The summed E-state index contributed by atoms with van der Waals surface area (Å²) in [5.74, 6) is 1.59. The number of hydrogen-bond acceptors (Lipinski definition) is 2. The fourth-order valence-corrected chi connectivity index (χ4v) is 4.20. The molecule has 1 amide bonds. The SMILES string of the molecule is O=C(C[C@@H]1CCCc2ccccc21)N1CCC[C@H]1c1ncc[nH]1. The number of aryl methyl sites for hydroxylation is 1. The van der Waals surface area contributed by atoms with Gasteiger partial charge < -0.3 is 9.88 Å². The number of nitrogens with one attached hydrogen (secondary N) is 1. The first kappa shape index (κ1) is 14.5. The third-order valence-electron chi connectivity index (χ3n) is 5.32. The van der Waals surface area contributed by atoms with E-state index in [9.17, 15) is 4.79 Å². The molecule has 4 heteroatoms. The number of carbonyl (C=O) groups excluding carboxylic acids is 1. The molecule has 1 saturated heterocycles. The number of amides is 1. The number of H-pyrrole nitrogens is 1. The molecule has 0 saturated carbocycles. The van der Waals surface area contributed by atoms with E-state index in [1.165, 1.54) is 17.5 Å². The molecule has 1 fully saturated rings. The number of carbonyl (C=O) groups is 1. The van der Waals surface area contributed by atoms with E-state index in [2.05, 4.69) is 34.2 Å². The second-order valence-electron chi connectivity index (χ2n) is 6.71. The molecular formula is C19H23N3O. The van der Waals surface area contributed by atoms with Gasteiger partial charge in [-0.1, -0.05) is 24.3 Å². The van der Waals surface area contributed by atoms with E-state index < -0.39 is 0 Å². The van der Waals surface area contributed by atoms with Crippen molar-refractivity contribution >= 4 is 5.91 Å². The third kappa shape index (κ3) is 2.78. The summed E-state index contributed by atoms with van der Waals surface area (Å²) in [7, 11) is 0. The smallest absolute Gasteiger partial charge is 0.223 e. The molecule has 0 radical (unpaired) electrons. The molecule has 1 aromatic heterocycles. The van der Waals surface area contributed by atoms with Gasteiger partial charge in [-0.25, -0.2) is 4.98 Å². The summed E-state index contributed by atoms with van der Waals surface area (Å²) in [5, 5.41) is 0. The largest absolute Gasteiger partial charge is 0.347 e. The van der Waals surface area contributed by atoms with Crippen molar-refractivity contribution in [1.82, 2.24) is 14.9 Å². The summed E-state index contributed by atoms with van der Waals surface area (Å²) in [5.41, 5.74) is 2.82. The Morgan fingerprint density at radius 1 is 1.26 bits per heavy atom. The van der Waals surface area contributed by atoms with Crippen molar-refractivity contribution in [2.75, 3.05) is 6.54 Å². The minimum atomic E-state index is 0.135. The van der Waals surface area contributed by atoms with Crippen molar-refractivity contribution in [3.05, 3.63) is 53.6 Å². The van der Waals surface area contributed by atoms with Crippen LogP contribution in [0, 0.1) is 0 Å². The van der Waals surface area contributed by atoms with Gasteiger partial charge in [0, 0.05) is 25.4 Å². The summed E-state index contributed by atoms with van der Waals surface area (Å²) >= 11 is 0. The molecule has 1 aromatic carbocycles. The standard InChI is InChI=1S/C19H23N3O/c23-18(22-12-4-9-17(22)19-20-10-11-21-19)13-15-7-3-6-14-5-1-2-8-16(14)15/h1-2,5,8,10-11,15,17H,3-4,6-7,9,12-13H2,(H,20,21)/t15-,17-/m0/s1. The maximum Gasteiger partial charge on any atom is 0.223 e. The van der Waals surface area contributed by atoms with Gasteiger partial charge in [-0.3, -0.25) is 4.79 Å². The monoisotopic (exact) mass is 309 g/mol. The summed E-state index contributed by atoms with van der Waals surface area (Å²) < 4.78 is 0. The van der Waals surface area contributed by atoms with E-state index in [1.807, 2.05) is 11.1 Å². The Bertz CT molecular complexity index is 680. The van der Waals surface area contributed by atoms with Crippen molar-refractivity contribution in [3.8, 4) is 0 Å². The number of aromatic nitrogens is 2. The van der Waals surface area contributed by atoms with Crippen molar-refractivity contribution < 1.29 is 4.79 Å². The first-order valence-electron chi connectivity index (χ1n) is 8.69. The van der Waals surface area contributed by atoms with E-state index in [4.69, 9.17) is 0 Å². The van der Waals surface area contributed by atoms with Gasteiger partial charge in [0.2, 0.25) is 5.91 Å². The number of aromatic amines is 1. The third-order valence-corrected chi connectivity index (χ3v) is 5.32. The zero-order valence-electron chi connectivity index (χ0n) is 13.4. The molecule has 0 bridgehead atoms. The second-order valence-corrected chi connectivity index (χ2v) is 6.71.